The lowest BCUT2D eigenvalue weighted by Gasteiger charge is -2.25. The smallest absolute Gasteiger partial charge is 0.315 e. The molecule has 1 atom stereocenters. The second kappa shape index (κ2) is 9.73. The van der Waals surface area contributed by atoms with Gasteiger partial charge in [0.25, 0.3) is 0 Å². The van der Waals surface area contributed by atoms with Crippen molar-refractivity contribution in [1.82, 2.24) is 15.5 Å². The molecule has 0 spiro atoms. The van der Waals surface area contributed by atoms with E-state index in [9.17, 15) is 14.0 Å². The zero-order valence-electron chi connectivity index (χ0n) is 15.6. The van der Waals surface area contributed by atoms with Crippen LogP contribution in [0.1, 0.15) is 24.4 Å². The molecule has 6 nitrogen and oxygen atoms in total. The number of ether oxygens (including phenoxy) is 1. The van der Waals surface area contributed by atoms with E-state index in [0.29, 0.717) is 25.3 Å². The van der Waals surface area contributed by atoms with Crippen molar-refractivity contribution in [2.75, 3.05) is 26.2 Å². The molecule has 0 bridgehead atoms. The van der Waals surface area contributed by atoms with Gasteiger partial charge in [-0.2, -0.15) is 0 Å². The van der Waals surface area contributed by atoms with E-state index in [1.165, 1.54) is 12.1 Å². The van der Waals surface area contributed by atoms with Crippen LogP contribution in [0.4, 0.5) is 9.18 Å². The summed E-state index contributed by atoms with van der Waals surface area (Å²) < 4.78 is 18.5. The van der Waals surface area contributed by atoms with Crippen LogP contribution in [0.25, 0.3) is 0 Å². The number of hydrogen-bond acceptors (Lipinski definition) is 3. The first-order valence-electron chi connectivity index (χ1n) is 9.37. The number of hydrogen-bond donors (Lipinski definition) is 2. The third-order valence-electron chi connectivity index (χ3n) is 4.53. The number of amides is 3. The third kappa shape index (κ3) is 5.70. The molecule has 28 heavy (non-hydrogen) atoms. The van der Waals surface area contributed by atoms with Crippen LogP contribution in [0.2, 0.25) is 0 Å². The fourth-order valence-corrected chi connectivity index (χ4v) is 3.14. The van der Waals surface area contributed by atoms with Crippen molar-refractivity contribution >= 4 is 11.9 Å². The molecular weight excluding hydrogens is 361 g/mol. The third-order valence-corrected chi connectivity index (χ3v) is 4.53. The van der Waals surface area contributed by atoms with E-state index in [-0.39, 0.29) is 36.9 Å². The Kier molecular flexibility index (Phi) is 6.84. The van der Waals surface area contributed by atoms with Gasteiger partial charge in [-0.05, 0) is 24.1 Å². The van der Waals surface area contributed by atoms with Crippen LogP contribution < -0.4 is 15.4 Å². The number of urea groups is 1. The first-order valence-corrected chi connectivity index (χ1v) is 9.37. The highest BCUT2D eigenvalue weighted by molar-refractivity contribution is 5.78. The maximum absolute atomic E-state index is 13.1. The van der Waals surface area contributed by atoms with Crippen LogP contribution in [0, 0.1) is 5.82 Å². The van der Waals surface area contributed by atoms with Crippen molar-refractivity contribution in [2.45, 2.75) is 18.9 Å². The van der Waals surface area contributed by atoms with E-state index in [2.05, 4.69) is 10.6 Å². The average Bonchev–Trinajstić information content (AvgIpc) is 3.10. The van der Waals surface area contributed by atoms with Crippen LogP contribution in [0.15, 0.2) is 54.6 Å². The number of carbonyl (C=O) groups excluding carboxylic acids is 2. The highest BCUT2D eigenvalue weighted by atomic mass is 19.1. The van der Waals surface area contributed by atoms with E-state index >= 15 is 0 Å². The summed E-state index contributed by atoms with van der Waals surface area (Å²) in [5, 5.41) is 5.66. The Balaban J connectivity index is 1.50. The second-order valence-corrected chi connectivity index (χ2v) is 6.61. The lowest BCUT2D eigenvalue weighted by Crippen LogP contribution is -2.44. The van der Waals surface area contributed by atoms with E-state index in [1.54, 1.807) is 17.0 Å². The molecule has 1 heterocycles. The summed E-state index contributed by atoms with van der Waals surface area (Å²) in [5.74, 6) is 0.161. The molecule has 1 aliphatic heterocycles. The van der Waals surface area contributed by atoms with Gasteiger partial charge in [0.05, 0.1) is 12.6 Å². The molecule has 0 aromatic heterocycles. The first-order chi connectivity index (χ1) is 13.6. The van der Waals surface area contributed by atoms with Gasteiger partial charge in [-0.15, -0.1) is 0 Å². The van der Waals surface area contributed by atoms with Crippen molar-refractivity contribution in [3.8, 4) is 5.75 Å². The standard InChI is InChI=1S/C21H24FN3O3/c22-17-8-4-9-18(14-17)28-13-11-23-21(27)24-19(16-6-2-1-3-7-16)15-25-12-5-10-20(25)26/h1-4,6-9,14,19H,5,10-13,15H2,(H2,23,24,27). The fraction of sp³-hybridized carbons (Fsp3) is 0.333. The minimum atomic E-state index is -0.370. The minimum absolute atomic E-state index is 0.117. The SMILES string of the molecule is O=C(NCCOc1cccc(F)c1)NC(CN1CCCC1=O)c1ccccc1. The summed E-state index contributed by atoms with van der Waals surface area (Å²) in [4.78, 5) is 26.0. The number of halogens is 1. The molecule has 148 valence electrons. The first kappa shape index (κ1) is 19.7. The average molecular weight is 385 g/mol. The lowest BCUT2D eigenvalue weighted by atomic mass is 10.1. The Morgan fingerprint density at radius 1 is 1.18 bits per heavy atom. The summed E-state index contributed by atoms with van der Waals surface area (Å²) in [6.45, 7) is 1.65. The molecule has 1 fully saturated rings. The Hall–Kier alpha value is -3.09. The summed E-state index contributed by atoms with van der Waals surface area (Å²) >= 11 is 0. The molecule has 1 saturated heterocycles. The van der Waals surface area contributed by atoms with Crippen molar-refractivity contribution in [3.63, 3.8) is 0 Å². The molecule has 1 aliphatic rings. The minimum Gasteiger partial charge on any atom is -0.492 e. The van der Waals surface area contributed by atoms with Crippen LogP contribution >= 0.6 is 0 Å². The number of likely N-dealkylation sites (tertiary alicyclic amines) is 1. The fourth-order valence-electron chi connectivity index (χ4n) is 3.14. The van der Waals surface area contributed by atoms with Gasteiger partial charge in [0, 0.05) is 25.6 Å². The number of carbonyl (C=O) groups is 2. The van der Waals surface area contributed by atoms with Gasteiger partial charge < -0.3 is 20.3 Å². The molecule has 1 unspecified atom stereocenters. The molecule has 2 N–H and O–H groups in total. The molecular formula is C21H24FN3O3. The number of benzene rings is 2. The van der Waals surface area contributed by atoms with Crippen LogP contribution in [-0.2, 0) is 4.79 Å². The van der Waals surface area contributed by atoms with E-state index in [1.807, 2.05) is 30.3 Å². The molecule has 0 saturated carbocycles. The highest BCUT2D eigenvalue weighted by Gasteiger charge is 2.25. The Labute approximate surface area is 163 Å². The molecule has 7 heteroatoms. The Bertz CT molecular complexity index is 800. The highest BCUT2D eigenvalue weighted by Crippen LogP contribution is 2.18. The summed E-state index contributed by atoms with van der Waals surface area (Å²) in [7, 11) is 0. The van der Waals surface area contributed by atoms with Gasteiger partial charge in [0.15, 0.2) is 0 Å². The van der Waals surface area contributed by atoms with Crippen LogP contribution in [0.3, 0.4) is 0 Å². The molecule has 0 radical (unpaired) electrons. The molecule has 2 aromatic rings. The quantitative estimate of drug-likeness (QED) is 0.687. The molecule has 3 rings (SSSR count). The maximum Gasteiger partial charge on any atom is 0.315 e. The molecule has 3 amide bonds. The van der Waals surface area contributed by atoms with Gasteiger partial charge in [-0.1, -0.05) is 36.4 Å². The monoisotopic (exact) mass is 385 g/mol. The molecule has 0 aliphatic carbocycles. The largest absolute Gasteiger partial charge is 0.492 e. The van der Waals surface area contributed by atoms with Gasteiger partial charge in [0.2, 0.25) is 5.91 Å². The van der Waals surface area contributed by atoms with Gasteiger partial charge in [-0.25, -0.2) is 9.18 Å². The second-order valence-electron chi connectivity index (χ2n) is 6.61. The van der Waals surface area contributed by atoms with Gasteiger partial charge in [0.1, 0.15) is 18.2 Å². The van der Waals surface area contributed by atoms with Crippen LogP contribution in [0.5, 0.6) is 5.75 Å². The van der Waals surface area contributed by atoms with E-state index in [4.69, 9.17) is 4.74 Å². The van der Waals surface area contributed by atoms with E-state index in [0.717, 1.165) is 12.0 Å². The Morgan fingerprint density at radius 2 is 2.00 bits per heavy atom. The topological polar surface area (TPSA) is 70.7 Å². The lowest BCUT2D eigenvalue weighted by molar-refractivity contribution is -0.128. The maximum atomic E-state index is 13.1. The predicted octanol–water partition coefficient (Wildman–Crippen LogP) is 2.87. The van der Waals surface area contributed by atoms with Gasteiger partial charge >= 0.3 is 6.03 Å². The van der Waals surface area contributed by atoms with Gasteiger partial charge in [-0.3, -0.25) is 4.79 Å². The summed E-state index contributed by atoms with van der Waals surface area (Å²) in [6.07, 6.45) is 1.41. The summed E-state index contributed by atoms with van der Waals surface area (Å²) in [6, 6.07) is 14.8. The number of rotatable bonds is 8. The normalized spacial score (nSPS) is 14.6. The zero-order valence-corrected chi connectivity index (χ0v) is 15.6. The number of nitrogens with one attached hydrogen (secondary N) is 2. The van der Waals surface area contributed by atoms with Crippen molar-refractivity contribution < 1.29 is 18.7 Å². The van der Waals surface area contributed by atoms with Crippen LogP contribution in [-0.4, -0.2) is 43.1 Å². The van der Waals surface area contributed by atoms with Crippen molar-refractivity contribution in [3.05, 3.63) is 66.0 Å². The van der Waals surface area contributed by atoms with Crippen molar-refractivity contribution in [1.29, 1.82) is 0 Å². The van der Waals surface area contributed by atoms with E-state index < -0.39 is 0 Å². The predicted molar refractivity (Wildman–Crippen MR) is 103 cm³/mol. The Morgan fingerprint density at radius 3 is 2.71 bits per heavy atom. The number of nitrogens with zero attached hydrogens (tertiary/aromatic N) is 1. The zero-order chi connectivity index (χ0) is 19.8. The summed E-state index contributed by atoms with van der Waals surface area (Å²) in [5.41, 5.74) is 0.938. The molecule has 2 aromatic carbocycles. The van der Waals surface area contributed by atoms with Crippen molar-refractivity contribution in [2.24, 2.45) is 0 Å².